The van der Waals surface area contributed by atoms with E-state index in [1.54, 1.807) is 16.8 Å². The van der Waals surface area contributed by atoms with Crippen LogP contribution in [0.4, 0.5) is 5.69 Å². The fourth-order valence-electron chi connectivity index (χ4n) is 1.85. The van der Waals surface area contributed by atoms with Crippen molar-refractivity contribution >= 4 is 5.69 Å². The van der Waals surface area contributed by atoms with Crippen LogP contribution in [-0.4, -0.2) is 19.9 Å². The summed E-state index contributed by atoms with van der Waals surface area (Å²) < 4.78 is 1.75. The van der Waals surface area contributed by atoms with E-state index in [4.69, 9.17) is 5.73 Å². The van der Waals surface area contributed by atoms with Crippen molar-refractivity contribution in [3.63, 3.8) is 0 Å². The van der Waals surface area contributed by atoms with Crippen LogP contribution in [0, 0.1) is 0 Å². The second-order valence-corrected chi connectivity index (χ2v) is 4.47. The Labute approximate surface area is 98.9 Å². The number of nitrogen functional groups attached to an aromatic ring is 1. The number of anilines is 1. The van der Waals surface area contributed by atoms with Gasteiger partial charge in [0.15, 0.2) is 11.6 Å². The van der Waals surface area contributed by atoms with E-state index in [-0.39, 0.29) is 5.75 Å². The molecule has 1 aromatic carbocycles. The highest BCUT2D eigenvalue weighted by Gasteiger charge is 2.28. The van der Waals surface area contributed by atoms with Crippen molar-refractivity contribution in [3.05, 3.63) is 24.0 Å². The summed E-state index contributed by atoms with van der Waals surface area (Å²) in [6, 6.07) is 5.14. The first-order valence-electron chi connectivity index (χ1n) is 5.65. The molecule has 2 aromatic rings. The molecule has 0 spiro atoms. The number of rotatable bonds is 2. The standard InChI is InChI=1S/C12H14N4O/c1-16-12(14-11(15-16)7-2-3-7)8-4-5-9(13)10(17)6-8/h4-7,17H,2-3,13H2,1H3. The van der Waals surface area contributed by atoms with Crippen molar-refractivity contribution in [1.29, 1.82) is 0 Å². The van der Waals surface area contributed by atoms with E-state index in [1.165, 1.54) is 12.8 Å². The monoisotopic (exact) mass is 230 g/mol. The Bertz CT molecular complexity index is 572. The predicted octanol–water partition coefficient (Wildman–Crippen LogP) is 1.65. The Morgan fingerprint density at radius 1 is 1.41 bits per heavy atom. The van der Waals surface area contributed by atoms with Gasteiger partial charge >= 0.3 is 0 Å². The van der Waals surface area contributed by atoms with Gasteiger partial charge in [0.05, 0.1) is 5.69 Å². The summed E-state index contributed by atoms with van der Waals surface area (Å²) in [5.41, 5.74) is 6.78. The minimum absolute atomic E-state index is 0.0819. The summed E-state index contributed by atoms with van der Waals surface area (Å²) in [5.74, 6) is 2.27. The molecule has 1 aliphatic carbocycles. The zero-order valence-corrected chi connectivity index (χ0v) is 9.59. The minimum Gasteiger partial charge on any atom is -0.506 e. The average molecular weight is 230 g/mol. The van der Waals surface area contributed by atoms with Gasteiger partial charge in [0.1, 0.15) is 5.75 Å². The highest BCUT2D eigenvalue weighted by molar-refractivity contribution is 5.65. The zero-order chi connectivity index (χ0) is 12.0. The Morgan fingerprint density at radius 3 is 2.82 bits per heavy atom. The molecule has 1 aromatic heterocycles. The Morgan fingerprint density at radius 2 is 2.18 bits per heavy atom. The fourth-order valence-corrected chi connectivity index (χ4v) is 1.85. The van der Waals surface area contributed by atoms with E-state index >= 15 is 0 Å². The summed E-state index contributed by atoms with van der Waals surface area (Å²) in [7, 11) is 1.86. The Hall–Kier alpha value is -2.04. The molecule has 0 aliphatic heterocycles. The molecule has 1 saturated carbocycles. The third-order valence-electron chi connectivity index (χ3n) is 3.01. The molecule has 0 saturated heterocycles. The van der Waals surface area contributed by atoms with Gasteiger partial charge in [-0.1, -0.05) is 0 Å². The first kappa shape index (κ1) is 10.1. The van der Waals surface area contributed by atoms with Crippen molar-refractivity contribution in [2.45, 2.75) is 18.8 Å². The van der Waals surface area contributed by atoms with Crippen molar-refractivity contribution < 1.29 is 5.11 Å². The highest BCUT2D eigenvalue weighted by Crippen LogP contribution is 2.39. The van der Waals surface area contributed by atoms with Crippen molar-refractivity contribution in [3.8, 4) is 17.1 Å². The lowest BCUT2D eigenvalue weighted by Crippen LogP contribution is -1.95. The quantitative estimate of drug-likeness (QED) is 0.607. The van der Waals surface area contributed by atoms with Gasteiger partial charge < -0.3 is 10.8 Å². The van der Waals surface area contributed by atoms with Crippen LogP contribution >= 0.6 is 0 Å². The molecule has 0 amide bonds. The van der Waals surface area contributed by atoms with Crippen LogP contribution in [0.15, 0.2) is 18.2 Å². The summed E-state index contributed by atoms with van der Waals surface area (Å²) in [5, 5.41) is 14.0. The molecule has 1 fully saturated rings. The number of aromatic hydroxyl groups is 1. The average Bonchev–Trinajstić information content (AvgIpc) is 3.07. The topological polar surface area (TPSA) is 77.0 Å². The van der Waals surface area contributed by atoms with Crippen LogP contribution in [-0.2, 0) is 7.05 Å². The van der Waals surface area contributed by atoms with Gasteiger partial charge in [0, 0.05) is 18.5 Å². The maximum Gasteiger partial charge on any atom is 0.158 e. The number of phenolic OH excluding ortho intramolecular Hbond substituents is 1. The lowest BCUT2D eigenvalue weighted by atomic mass is 10.2. The molecule has 88 valence electrons. The molecule has 0 bridgehead atoms. The maximum absolute atomic E-state index is 9.60. The lowest BCUT2D eigenvalue weighted by molar-refractivity contribution is 0.478. The molecular weight excluding hydrogens is 216 g/mol. The van der Waals surface area contributed by atoms with Crippen LogP contribution in [0.2, 0.25) is 0 Å². The normalized spacial score (nSPS) is 15.1. The molecule has 0 atom stereocenters. The zero-order valence-electron chi connectivity index (χ0n) is 9.59. The van der Waals surface area contributed by atoms with E-state index in [2.05, 4.69) is 10.1 Å². The van der Waals surface area contributed by atoms with E-state index in [9.17, 15) is 5.11 Å². The summed E-state index contributed by atoms with van der Waals surface area (Å²) >= 11 is 0. The smallest absolute Gasteiger partial charge is 0.158 e. The Kier molecular flexibility index (Phi) is 2.07. The minimum atomic E-state index is 0.0819. The molecule has 3 N–H and O–H groups in total. The molecule has 5 heteroatoms. The largest absolute Gasteiger partial charge is 0.506 e. The number of nitrogens with zero attached hydrogens (tertiary/aromatic N) is 3. The van der Waals surface area contributed by atoms with Gasteiger partial charge in [-0.25, -0.2) is 9.67 Å². The van der Waals surface area contributed by atoms with Crippen LogP contribution in [0.3, 0.4) is 0 Å². The third-order valence-corrected chi connectivity index (χ3v) is 3.01. The molecule has 5 nitrogen and oxygen atoms in total. The number of aryl methyl sites for hydroxylation is 1. The van der Waals surface area contributed by atoms with Gasteiger partial charge in [-0.05, 0) is 31.0 Å². The molecule has 0 radical (unpaired) electrons. The van der Waals surface area contributed by atoms with Gasteiger partial charge in [0.25, 0.3) is 0 Å². The summed E-state index contributed by atoms with van der Waals surface area (Å²) in [4.78, 5) is 4.51. The number of benzene rings is 1. The molecule has 1 heterocycles. The number of hydrogen-bond acceptors (Lipinski definition) is 4. The van der Waals surface area contributed by atoms with Gasteiger partial charge in [-0.3, -0.25) is 0 Å². The van der Waals surface area contributed by atoms with Crippen LogP contribution < -0.4 is 5.73 Å². The molecule has 1 aliphatic rings. The SMILES string of the molecule is Cn1nc(C2CC2)nc1-c1ccc(N)c(O)c1. The van der Waals surface area contributed by atoms with Crippen LogP contribution in [0.5, 0.6) is 5.75 Å². The fraction of sp³-hybridized carbons (Fsp3) is 0.333. The maximum atomic E-state index is 9.60. The third kappa shape index (κ3) is 1.73. The van der Waals surface area contributed by atoms with E-state index in [0.717, 1.165) is 17.2 Å². The van der Waals surface area contributed by atoms with Gasteiger partial charge in [-0.2, -0.15) is 5.10 Å². The van der Waals surface area contributed by atoms with E-state index in [1.807, 2.05) is 13.1 Å². The molecule has 3 rings (SSSR count). The predicted molar refractivity (Wildman–Crippen MR) is 64.5 cm³/mol. The Balaban J connectivity index is 2.04. The van der Waals surface area contributed by atoms with Gasteiger partial charge in [-0.15, -0.1) is 0 Å². The van der Waals surface area contributed by atoms with Crippen LogP contribution in [0.25, 0.3) is 11.4 Å². The molecular formula is C12H14N4O. The molecule has 0 unspecified atom stereocenters. The highest BCUT2D eigenvalue weighted by atomic mass is 16.3. The number of hydrogen-bond donors (Lipinski definition) is 2. The van der Waals surface area contributed by atoms with E-state index < -0.39 is 0 Å². The number of phenols is 1. The summed E-state index contributed by atoms with van der Waals surface area (Å²) in [6.45, 7) is 0. The lowest BCUT2D eigenvalue weighted by Gasteiger charge is -2.02. The first-order valence-corrected chi connectivity index (χ1v) is 5.65. The van der Waals surface area contributed by atoms with Crippen molar-refractivity contribution in [2.75, 3.05) is 5.73 Å². The molecule has 17 heavy (non-hydrogen) atoms. The van der Waals surface area contributed by atoms with Crippen molar-refractivity contribution in [1.82, 2.24) is 14.8 Å². The summed E-state index contributed by atoms with van der Waals surface area (Å²) in [6.07, 6.45) is 2.35. The second-order valence-electron chi connectivity index (χ2n) is 4.47. The second kappa shape index (κ2) is 3.48. The van der Waals surface area contributed by atoms with Gasteiger partial charge in [0.2, 0.25) is 0 Å². The number of aromatic nitrogens is 3. The van der Waals surface area contributed by atoms with Crippen molar-refractivity contribution in [2.24, 2.45) is 7.05 Å². The first-order chi connectivity index (χ1) is 8.15. The van der Waals surface area contributed by atoms with E-state index in [0.29, 0.717) is 11.6 Å². The number of nitrogens with two attached hydrogens (primary N) is 1. The van der Waals surface area contributed by atoms with Crippen LogP contribution in [0.1, 0.15) is 24.6 Å².